The number of halogens is 1. The summed E-state index contributed by atoms with van der Waals surface area (Å²) in [7, 11) is 0. The molecule has 1 aliphatic rings. The molecule has 0 N–H and O–H groups in total. The standard InChI is InChI=1S/C18H19FN2O2S/c1-12-3-6-17(24-12)18(23)21-9-7-20(8-10-21)16-5-4-14(13(2)22)11-15(16)19/h3-6,11H,7-10H2,1-2H3. The van der Waals surface area contributed by atoms with Gasteiger partial charge in [-0.3, -0.25) is 9.59 Å². The van der Waals surface area contributed by atoms with E-state index in [1.807, 2.05) is 28.9 Å². The van der Waals surface area contributed by atoms with E-state index in [4.69, 9.17) is 0 Å². The van der Waals surface area contributed by atoms with Crippen LogP contribution in [-0.2, 0) is 0 Å². The Bertz CT molecular complexity index is 779. The van der Waals surface area contributed by atoms with E-state index in [0.717, 1.165) is 9.75 Å². The quantitative estimate of drug-likeness (QED) is 0.800. The number of carbonyl (C=O) groups is 2. The lowest BCUT2D eigenvalue weighted by atomic mass is 10.1. The molecule has 1 aromatic carbocycles. The molecule has 0 radical (unpaired) electrons. The van der Waals surface area contributed by atoms with Crippen LogP contribution in [0.4, 0.5) is 10.1 Å². The summed E-state index contributed by atoms with van der Waals surface area (Å²) in [6, 6.07) is 8.37. The molecule has 24 heavy (non-hydrogen) atoms. The van der Waals surface area contributed by atoms with Gasteiger partial charge >= 0.3 is 0 Å². The van der Waals surface area contributed by atoms with E-state index in [1.165, 1.54) is 24.3 Å². The van der Waals surface area contributed by atoms with Gasteiger partial charge in [-0.25, -0.2) is 4.39 Å². The second kappa shape index (κ2) is 6.73. The lowest BCUT2D eigenvalue weighted by molar-refractivity contribution is 0.0751. The van der Waals surface area contributed by atoms with Crippen molar-refractivity contribution in [3.8, 4) is 0 Å². The summed E-state index contributed by atoms with van der Waals surface area (Å²) in [6.45, 7) is 5.67. The highest BCUT2D eigenvalue weighted by atomic mass is 32.1. The molecule has 1 fully saturated rings. The molecular formula is C18H19FN2O2S. The van der Waals surface area contributed by atoms with Crippen molar-refractivity contribution in [2.75, 3.05) is 31.1 Å². The van der Waals surface area contributed by atoms with Crippen molar-refractivity contribution in [1.82, 2.24) is 4.90 Å². The van der Waals surface area contributed by atoms with E-state index in [-0.39, 0.29) is 11.7 Å². The van der Waals surface area contributed by atoms with Crippen molar-refractivity contribution < 1.29 is 14.0 Å². The summed E-state index contributed by atoms with van der Waals surface area (Å²) < 4.78 is 14.2. The molecule has 3 rings (SSSR count). The third-order valence-corrected chi connectivity index (χ3v) is 5.20. The van der Waals surface area contributed by atoms with Crippen LogP contribution in [0.15, 0.2) is 30.3 Å². The van der Waals surface area contributed by atoms with Crippen LogP contribution in [0.1, 0.15) is 31.8 Å². The predicted molar refractivity (Wildman–Crippen MR) is 93.6 cm³/mol. The molecular weight excluding hydrogens is 327 g/mol. The van der Waals surface area contributed by atoms with Crippen molar-refractivity contribution in [3.63, 3.8) is 0 Å². The summed E-state index contributed by atoms with van der Waals surface area (Å²) in [6.07, 6.45) is 0. The Morgan fingerprint density at radius 3 is 2.33 bits per heavy atom. The van der Waals surface area contributed by atoms with Crippen LogP contribution in [0.5, 0.6) is 0 Å². The first-order valence-corrected chi connectivity index (χ1v) is 8.68. The normalized spacial score (nSPS) is 14.8. The van der Waals surface area contributed by atoms with Crippen molar-refractivity contribution in [3.05, 3.63) is 51.5 Å². The maximum absolute atomic E-state index is 14.2. The zero-order valence-electron chi connectivity index (χ0n) is 13.7. The second-order valence-electron chi connectivity index (χ2n) is 5.91. The number of Topliss-reactive ketones (excluding diaryl/α,β-unsaturated/α-hetero) is 1. The minimum atomic E-state index is -0.392. The largest absolute Gasteiger partial charge is 0.366 e. The first-order valence-electron chi connectivity index (χ1n) is 7.87. The van der Waals surface area contributed by atoms with Gasteiger partial charge in [-0.1, -0.05) is 0 Å². The van der Waals surface area contributed by atoms with Gasteiger partial charge in [-0.05, 0) is 44.2 Å². The van der Waals surface area contributed by atoms with E-state index >= 15 is 0 Å². The molecule has 6 heteroatoms. The van der Waals surface area contributed by atoms with E-state index in [1.54, 1.807) is 12.1 Å². The average molecular weight is 346 g/mol. The highest BCUT2D eigenvalue weighted by Gasteiger charge is 2.24. The molecule has 0 saturated carbocycles. The second-order valence-corrected chi connectivity index (χ2v) is 7.20. The number of aryl methyl sites for hydroxylation is 1. The minimum absolute atomic E-state index is 0.0418. The SMILES string of the molecule is CC(=O)c1ccc(N2CCN(C(=O)c3ccc(C)s3)CC2)c(F)c1. The van der Waals surface area contributed by atoms with Gasteiger partial charge < -0.3 is 9.80 Å². The molecule has 0 aliphatic carbocycles. The number of piperazine rings is 1. The molecule has 1 aromatic heterocycles. The van der Waals surface area contributed by atoms with Crippen LogP contribution in [0.2, 0.25) is 0 Å². The molecule has 4 nitrogen and oxygen atoms in total. The topological polar surface area (TPSA) is 40.6 Å². The number of thiophene rings is 1. The monoisotopic (exact) mass is 346 g/mol. The fraction of sp³-hybridized carbons (Fsp3) is 0.333. The third-order valence-electron chi connectivity index (χ3n) is 4.21. The van der Waals surface area contributed by atoms with Gasteiger partial charge in [0, 0.05) is 36.6 Å². The molecule has 1 amide bonds. The van der Waals surface area contributed by atoms with Gasteiger partial charge in [-0.2, -0.15) is 0 Å². The number of hydrogen-bond acceptors (Lipinski definition) is 4. The number of rotatable bonds is 3. The molecule has 0 unspecified atom stereocenters. The summed E-state index contributed by atoms with van der Waals surface area (Å²) in [5.74, 6) is -0.501. The first kappa shape index (κ1) is 16.6. The number of amides is 1. The molecule has 2 aromatic rings. The Morgan fingerprint density at radius 1 is 1.08 bits per heavy atom. The van der Waals surface area contributed by atoms with Crippen molar-refractivity contribution >= 4 is 28.7 Å². The fourth-order valence-electron chi connectivity index (χ4n) is 2.84. The molecule has 1 aliphatic heterocycles. The number of ketones is 1. The number of benzene rings is 1. The summed E-state index contributed by atoms with van der Waals surface area (Å²) >= 11 is 1.50. The number of nitrogens with zero attached hydrogens (tertiary/aromatic N) is 2. The first-order chi connectivity index (χ1) is 11.5. The smallest absolute Gasteiger partial charge is 0.264 e. The van der Waals surface area contributed by atoms with Crippen LogP contribution in [0, 0.1) is 12.7 Å². The van der Waals surface area contributed by atoms with Crippen molar-refractivity contribution in [2.45, 2.75) is 13.8 Å². The molecule has 0 spiro atoms. The highest BCUT2D eigenvalue weighted by Crippen LogP contribution is 2.23. The lowest BCUT2D eigenvalue weighted by Crippen LogP contribution is -2.48. The van der Waals surface area contributed by atoms with Crippen LogP contribution >= 0.6 is 11.3 Å². The molecule has 0 atom stereocenters. The highest BCUT2D eigenvalue weighted by molar-refractivity contribution is 7.13. The van der Waals surface area contributed by atoms with Gasteiger partial charge in [0.25, 0.3) is 5.91 Å². The Morgan fingerprint density at radius 2 is 1.79 bits per heavy atom. The number of hydrogen-bond donors (Lipinski definition) is 0. The van der Waals surface area contributed by atoms with Gasteiger partial charge in [0.05, 0.1) is 10.6 Å². The van der Waals surface area contributed by atoms with Gasteiger partial charge in [0.1, 0.15) is 5.82 Å². The summed E-state index contributed by atoms with van der Waals surface area (Å²) in [4.78, 5) is 29.4. The van der Waals surface area contributed by atoms with Gasteiger partial charge in [0.15, 0.2) is 5.78 Å². The zero-order chi connectivity index (χ0) is 17.3. The van der Waals surface area contributed by atoms with E-state index in [9.17, 15) is 14.0 Å². The Balaban J connectivity index is 1.67. The van der Waals surface area contributed by atoms with E-state index in [2.05, 4.69) is 0 Å². The summed E-state index contributed by atoms with van der Waals surface area (Å²) in [5, 5.41) is 0. The van der Waals surface area contributed by atoms with E-state index in [0.29, 0.717) is 37.4 Å². The minimum Gasteiger partial charge on any atom is -0.366 e. The molecule has 2 heterocycles. The van der Waals surface area contributed by atoms with Crippen LogP contribution in [0.3, 0.4) is 0 Å². The zero-order valence-corrected chi connectivity index (χ0v) is 14.5. The molecule has 1 saturated heterocycles. The van der Waals surface area contributed by atoms with E-state index < -0.39 is 5.82 Å². The van der Waals surface area contributed by atoms with Crippen LogP contribution in [0.25, 0.3) is 0 Å². The Kier molecular flexibility index (Phi) is 4.66. The summed E-state index contributed by atoms with van der Waals surface area (Å²) in [5.41, 5.74) is 0.859. The third kappa shape index (κ3) is 3.33. The van der Waals surface area contributed by atoms with Crippen LogP contribution < -0.4 is 4.90 Å². The maximum atomic E-state index is 14.2. The Hall–Kier alpha value is -2.21. The van der Waals surface area contributed by atoms with Gasteiger partial charge in [-0.15, -0.1) is 11.3 Å². The Labute approximate surface area is 144 Å². The maximum Gasteiger partial charge on any atom is 0.264 e. The number of anilines is 1. The molecule has 126 valence electrons. The predicted octanol–water partition coefficient (Wildman–Crippen LogP) is 3.36. The van der Waals surface area contributed by atoms with Gasteiger partial charge in [0.2, 0.25) is 0 Å². The number of carbonyl (C=O) groups excluding carboxylic acids is 2. The lowest BCUT2D eigenvalue weighted by Gasteiger charge is -2.36. The molecule has 0 bridgehead atoms. The van der Waals surface area contributed by atoms with Crippen LogP contribution in [-0.4, -0.2) is 42.8 Å². The van der Waals surface area contributed by atoms with Crippen molar-refractivity contribution in [2.24, 2.45) is 0 Å². The fourth-order valence-corrected chi connectivity index (χ4v) is 3.67. The average Bonchev–Trinajstić information content (AvgIpc) is 3.00. The van der Waals surface area contributed by atoms with Crippen molar-refractivity contribution in [1.29, 1.82) is 0 Å².